The predicted molar refractivity (Wildman–Crippen MR) is 82.2 cm³/mol. The number of aromatic nitrogens is 1. The lowest BCUT2D eigenvalue weighted by Gasteiger charge is -2.16. The lowest BCUT2D eigenvalue weighted by molar-refractivity contribution is -0.139. The van der Waals surface area contributed by atoms with Gasteiger partial charge in [-0.15, -0.1) is 11.3 Å². The molecule has 0 saturated carbocycles. The molecule has 116 valence electrons. The third kappa shape index (κ3) is 4.29. The zero-order valence-electron chi connectivity index (χ0n) is 12.3. The molecular weight excluding hydrogens is 304 g/mol. The summed E-state index contributed by atoms with van der Waals surface area (Å²) < 4.78 is 5.06. The lowest BCUT2D eigenvalue weighted by Crippen LogP contribution is -2.25. The largest absolute Gasteiger partial charge is 0.482 e. The molecule has 1 aromatic heterocycles. The van der Waals surface area contributed by atoms with E-state index in [1.807, 2.05) is 6.92 Å². The van der Waals surface area contributed by atoms with Gasteiger partial charge in [-0.05, 0) is 24.6 Å². The molecular formula is C15H16N2O4S. The third-order valence-corrected chi connectivity index (χ3v) is 3.78. The first kappa shape index (κ1) is 16.0. The van der Waals surface area contributed by atoms with Crippen molar-refractivity contribution in [2.75, 3.05) is 13.7 Å². The highest BCUT2D eigenvalue weighted by molar-refractivity contribution is 7.13. The molecule has 0 atom stereocenters. The number of carbonyl (C=O) groups is 2. The van der Waals surface area contributed by atoms with Gasteiger partial charge in [-0.3, -0.25) is 4.79 Å². The van der Waals surface area contributed by atoms with Gasteiger partial charge in [-0.1, -0.05) is 12.1 Å². The van der Waals surface area contributed by atoms with Gasteiger partial charge in [0.1, 0.15) is 10.6 Å². The zero-order valence-corrected chi connectivity index (χ0v) is 13.1. The van der Waals surface area contributed by atoms with Crippen molar-refractivity contribution in [2.24, 2.45) is 0 Å². The Hall–Kier alpha value is -2.41. The molecule has 0 unspecified atom stereocenters. The van der Waals surface area contributed by atoms with E-state index in [4.69, 9.17) is 9.84 Å². The normalized spacial score (nSPS) is 10.3. The van der Waals surface area contributed by atoms with Gasteiger partial charge >= 0.3 is 5.97 Å². The van der Waals surface area contributed by atoms with Crippen LogP contribution in [0.5, 0.6) is 5.75 Å². The Morgan fingerprint density at radius 1 is 1.32 bits per heavy atom. The molecule has 22 heavy (non-hydrogen) atoms. The van der Waals surface area contributed by atoms with Crippen molar-refractivity contribution >= 4 is 23.2 Å². The van der Waals surface area contributed by atoms with E-state index >= 15 is 0 Å². The predicted octanol–water partition coefficient (Wildman–Crippen LogP) is 2.19. The highest BCUT2D eigenvalue weighted by Crippen LogP contribution is 2.17. The van der Waals surface area contributed by atoms with Gasteiger partial charge in [0, 0.05) is 13.6 Å². The van der Waals surface area contributed by atoms with Crippen LogP contribution in [0.4, 0.5) is 0 Å². The number of aryl methyl sites for hydroxylation is 1. The van der Waals surface area contributed by atoms with Crippen molar-refractivity contribution in [1.82, 2.24) is 9.88 Å². The first-order valence-corrected chi connectivity index (χ1v) is 7.39. The van der Waals surface area contributed by atoms with Gasteiger partial charge in [0.2, 0.25) is 0 Å². The number of carbonyl (C=O) groups excluding carboxylic acids is 1. The number of ether oxygens (including phenoxy) is 1. The number of benzene rings is 1. The van der Waals surface area contributed by atoms with Crippen LogP contribution in [0.15, 0.2) is 30.5 Å². The monoisotopic (exact) mass is 320 g/mol. The second-order valence-electron chi connectivity index (χ2n) is 4.73. The minimum absolute atomic E-state index is 0.0724. The maximum absolute atomic E-state index is 12.2. The Kier molecular flexibility index (Phi) is 5.11. The molecule has 0 spiro atoms. The molecule has 7 heteroatoms. The SMILES string of the molecule is Cc1ncc(C(=O)N(C)Cc2ccc(OCC(=O)O)cc2)s1. The smallest absolute Gasteiger partial charge is 0.341 e. The fraction of sp³-hybridized carbons (Fsp3) is 0.267. The second-order valence-corrected chi connectivity index (χ2v) is 5.97. The standard InChI is InChI=1S/C15H16N2O4S/c1-10-16-7-13(22-10)15(20)17(2)8-11-3-5-12(6-4-11)21-9-14(18)19/h3-7H,8-9H2,1-2H3,(H,18,19). The van der Waals surface area contributed by atoms with Crippen LogP contribution in [0.25, 0.3) is 0 Å². The average molecular weight is 320 g/mol. The highest BCUT2D eigenvalue weighted by Gasteiger charge is 2.14. The molecule has 0 aliphatic heterocycles. The molecule has 1 heterocycles. The van der Waals surface area contributed by atoms with E-state index in [1.54, 1.807) is 42.4 Å². The molecule has 0 aliphatic rings. The molecule has 1 N–H and O–H groups in total. The van der Waals surface area contributed by atoms with Gasteiger partial charge in [-0.25, -0.2) is 9.78 Å². The van der Waals surface area contributed by atoms with Crippen LogP contribution in [-0.4, -0.2) is 40.5 Å². The molecule has 0 bridgehead atoms. The number of thiazole rings is 1. The Labute approximate surface area is 132 Å². The summed E-state index contributed by atoms with van der Waals surface area (Å²) in [5.74, 6) is -0.607. The van der Waals surface area contributed by atoms with Crippen LogP contribution < -0.4 is 4.74 Å². The molecule has 1 amide bonds. The van der Waals surface area contributed by atoms with Gasteiger partial charge in [-0.2, -0.15) is 0 Å². The van der Waals surface area contributed by atoms with Gasteiger partial charge in [0.15, 0.2) is 6.61 Å². The minimum Gasteiger partial charge on any atom is -0.482 e. The van der Waals surface area contributed by atoms with E-state index in [0.29, 0.717) is 17.2 Å². The maximum atomic E-state index is 12.2. The number of aliphatic carboxylic acids is 1. The van der Waals surface area contributed by atoms with Crippen molar-refractivity contribution in [2.45, 2.75) is 13.5 Å². The Bertz CT molecular complexity index is 666. The summed E-state index contributed by atoms with van der Waals surface area (Å²) in [5.41, 5.74) is 0.930. The molecule has 2 aromatic rings. The Morgan fingerprint density at radius 2 is 2.00 bits per heavy atom. The quantitative estimate of drug-likeness (QED) is 0.882. The molecule has 1 aromatic carbocycles. The van der Waals surface area contributed by atoms with Crippen LogP contribution in [-0.2, 0) is 11.3 Å². The van der Waals surface area contributed by atoms with E-state index < -0.39 is 5.97 Å². The summed E-state index contributed by atoms with van der Waals surface area (Å²) in [6.07, 6.45) is 1.58. The van der Waals surface area contributed by atoms with E-state index in [1.165, 1.54) is 11.3 Å². The Balaban J connectivity index is 1.95. The maximum Gasteiger partial charge on any atom is 0.341 e. The van der Waals surface area contributed by atoms with Crippen LogP contribution >= 0.6 is 11.3 Å². The molecule has 0 saturated heterocycles. The number of hydrogen-bond donors (Lipinski definition) is 1. The summed E-state index contributed by atoms with van der Waals surface area (Å²) >= 11 is 1.37. The van der Waals surface area contributed by atoms with E-state index in [-0.39, 0.29) is 12.5 Å². The summed E-state index contributed by atoms with van der Waals surface area (Å²) in [6, 6.07) is 6.98. The number of rotatable bonds is 6. The number of nitrogens with zero attached hydrogens (tertiary/aromatic N) is 2. The van der Waals surface area contributed by atoms with Crippen LogP contribution in [0.2, 0.25) is 0 Å². The van der Waals surface area contributed by atoms with Crippen LogP contribution in [0, 0.1) is 6.92 Å². The van der Waals surface area contributed by atoms with E-state index in [2.05, 4.69) is 4.98 Å². The van der Waals surface area contributed by atoms with Crippen LogP contribution in [0.3, 0.4) is 0 Å². The molecule has 0 radical (unpaired) electrons. The second kappa shape index (κ2) is 7.04. The Morgan fingerprint density at radius 3 is 2.55 bits per heavy atom. The summed E-state index contributed by atoms with van der Waals surface area (Å²) in [7, 11) is 1.73. The minimum atomic E-state index is -1.02. The summed E-state index contributed by atoms with van der Waals surface area (Å²) in [4.78, 5) is 28.9. The zero-order chi connectivity index (χ0) is 16.1. The fourth-order valence-corrected chi connectivity index (χ4v) is 2.60. The highest BCUT2D eigenvalue weighted by atomic mass is 32.1. The number of carboxylic acid groups (broad SMARTS) is 1. The van der Waals surface area contributed by atoms with Crippen molar-refractivity contribution in [3.63, 3.8) is 0 Å². The van der Waals surface area contributed by atoms with Crippen molar-refractivity contribution in [3.05, 3.63) is 45.9 Å². The lowest BCUT2D eigenvalue weighted by atomic mass is 10.2. The molecule has 0 fully saturated rings. The van der Waals surface area contributed by atoms with Crippen molar-refractivity contribution < 1.29 is 19.4 Å². The summed E-state index contributed by atoms with van der Waals surface area (Å²) in [5, 5.41) is 9.40. The third-order valence-electron chi connectivity index (χ3n) is 2.88. The summed E-state index contributed by atoms with van der Waals surface area (Å²) in [6.45, 7) is 1.94. The van der Waals surface area contributed by atoms with E-state index in [0.717, 1.165) is 10.6 Å². The number of amides is 1. The molecule has 2 rings (SSSR count). The van der Waals surface area contributed by atoms with Crippen LogP contribution in [0.1, 0.15) is 20.2 Å². The van der Waals surface area contributed by atoms with E-state index in [9.17, 15) is 9.59 Å². The fourth-order valence-electron chi connectivity index (χ4n) is 1.83. The first-order chi connectivity index (χ1) is 10.5. The molecule has 0 aliphatic carbocycles. The van der Waals surface area contributed by atoms with Gasteiger partial charge in [0.25, 0.3) is 5.91 Å². The van der Waals surface area contributed by atoms with Crippen molar-refractivity contribution in [1.29, 1.82) is 0 Å². The topological polar surface area (TPSA) is 79.7 Å². The van der Waals surface area contributed by atoms with Crippen molar-refractivity contribution in [3.8, 4) is 5.75 Å². The van der Waals surface area contributed by atoms with Gasteiger partial charge in [0.05, 0.1) is 11.2 Å². The first-order valence-electron chi connectivity index (χ1n) is 6.57. The van der Waals surface area contributed by atoms with Gasteiger partial charge < -0.3 is 14.7 Å². The number of hydrogen-bond acceptors (Lipinski definition) is 5. The average Bonchev–Trinajstić information content (AvgIpc) is 2.92. The molecule has 6 nitrogen and oxygen atoms in total. The number of carboxylic acids is 1.